The normalized spacial score (nSPS) is 12.6. The smallest absolute Gasteiger partial charge is 0.387 e. The number of ketones is 1. The van der Waals surface area contributed by atoms with Gasteiger partial charge in [0.25, 0.3) is 0 Å². The topological polar surface area (TPSA) is 26.3 Å². The summed E-state index contributed by atoms with van der Waals surface area (Å²) in [6.45, 7) is -1.15. The van der Waals surface area contributed by atoms with Crippen molar-refractivity contribution in [1.82, 2.24) is 0 Å². The van der Waals surface area contributed by atoms with Crippen molar-refractivity contribution in [3.63, 3.8) is 0 Å². The number of alkyl halides is 3. The zero-order chi connectivity index (χ0) is 11.4. The Balaban J connectivity index is 2.76. The van der Waals surface area contributed by atoms with E-state index in [9.17, 15) is 13.6 Å². The Hall–Kier alpha value is -0.970. The van der Waals surface area contributed by atoms with Crippen LogP contribution in [0.4, 0.5) is 8.78 Å². The molecule has 0 amide bonds. The molecule has 1 aromatic carbocycles. The van der Waals surface area contributed by atoms with Gasteiger partial charge in [-0.2, -0.15) is 8.78 Å². The van der Waals surface area contributed by atoms with E-state index in [1.165, 1.54) is 24.3 Å². The fourth-order valence-corrected chi connectivity index (χ4v) is 1.29. The molecule has 1 aromatic rings. The lowest BCUT2D eigenvalue weighted by atomic mass is 10.1. The number of hydrogen-bond donors (Lipinski definition) is 0. The molecule has 0 heterocycles. The molecule has 1 atom stereocenters. The first-order valence-corrected chi connectivity index (χ1v) is 5.15. The number of hydrogen-bond acceptors (Lipinski definition) is 2. The number of Topliss-reactive ketones (excluding diaryl/α,β-unsaturated/α-hetero) is 1. The molecule has 1 unspecified atom stereocenters. The van der Waals surface area contributed by atoms with E-state index in [1.54, 1.807) is 6.92 Å². The minimum absolute atomic E-state index is 0.0452. The lowest BCUT2D eigenvalue weighted by molar-refractivity contribution is -0.0498. The van der Waals surface area contributed by atoms with Crippen LogP contribution in [0.15, 0.2) is 24.3 Å². The second-order valence-electron chi connectivity index (χ2n) is 2.88. The molecule has 0 aliphatic heterocycles. The van der Waals surface area contributed by atoms with Crippen molar-refractivity contribution in [2.75, 3.05) is 0 Å². The van der Waals surface area contributed by atoms with Gasteiger partial charge in [-0.1, -0.05) is 15.9 Å². The first-order valence-electron chi connectivity index (χ1n) is 4.24. The molecule has 0 fully saturated rings. The van der Waals surface area contributed by atoms with Crippen molar-refractivity contribution >= 4 is 21.7 Å². The highest BCUT2D eigenvalue weighted by molar-refractivity contribution is 9.10. The van der Waals surface area contributed by atoms with E-state index >= 15 is 0 Å². The van der Waals surface area contributed by atoms with Gasteiger partial charge in [-0.3, -0.25) is 4.79 Å². The maximum atomic E-state index is 11.8. The van der Waals surface area contributed by atoms with Crippen LogP contribution in [0.2, 0.25) is 0 Å². The zero-order valence-electron chi connectivity index (χ0n) is 7.91. The first-order chi connectivity index (χ1) is 7.00. The molecule has 0 aromatic heterocycles. The molecule has 0 N–H and O–H groups in total. The molecule has 82 valence electrons. The third-order valence-corrected chi connectivity index (χ3v) is 2.14. The van der Waals surface area contributed by atoms with Crippen LogP contribution in [-0.4, -0.2) is 17.2 Å². The zero-order valence-corrected chi connectivity index (χ0v) is 9.50. The van der Waals surface area contributed by atoms with Crippen molar-refractivity contribution < 1.29 is 18.3 Å². The molecular formula is C10H9BrF2O2. The molecule has 2 nitrogen and oxygen atoms in total. The number of carbonyl (C=O) groups excluding carboxylic acids is 1. The third-order valence-electron chi connectivity index (χ3n) is 1.73. The highest BCUT2D eigenvalue weighted by Crippen LogP contribution is 2.17. The summed E-state index contributed by atoms with van der Waals surface area (Å²) in [5.41, 5.74) is 0.459. The van der Waals surface area contributed by atoms with Gasteiger partial charge in [0, 0.05) is 5.56 Å². The number of rotatable bonds is 4. The number of halogens is 3. The SMILES string of the molecule is CC(Br)C(=O)c1ccc(OC(F)F)cc1. The molecule has 0 radical (unpaired) electrons. The molecule has 0 bridgehead atoms. The van der Waals surface area contributed by atoms with E-state index in [2.05, 4.69) is 20.7 Å². The lowest BCUT2D eigenvalue weighted by Crippen LogP contribution is -2.09. The molecule has 0 saturated heterocycles. The van der Waals surface area contributed by atoms with Crippen LogP contribution >= 0.6 is 15.9 Å². The molecule has 0 saturated carbocycles. The number of benzene rings is 1. The van der Waals surface area contributed by atoms with Gasteiger partial charge in [0.2, 0.25) is 0 Å². The molecule has 15 heavy (non-hydrogen) atoms. The van der Waals surface area contributed by atoms with Gasteiger partial charge in [-0.05, 0) is 31.2 Å². The van der Waals surface area contributed by atoms with E-state index in [0.717, 1.165) is 0 Å². The molecule has 0 aliphatic rings. The fraction of sp³-hybridized carbons (Fsp3) is 0.300. The second-order valence-corrected chi connectivity index (χ2v) is 4.26. The van der Waals surface area contributed by atoms with E-state index in [0.29, 0.717) is 5.56 Å². The molecular weight excluding hydrogens is 270 g/mol. The van der Waals surface area contributed by atoms with Crippen LogP contribution in [0.1, 0.15) is 17.3 Å². The van der Waals surface area contributed by atoms with Crippen molar-refractivity contribution in [3.8, 4) is 5.75 Å². The summed E-state index contributed by atoms with van der Waals surface area (Å²) in [6.07, 6.45) is 0. The quantitative estimate of drug-likeness (QED) is 0.624. The highest BCUT2D eigenvalue weighted by atomic mass is 79.9. The standard InChI is InChI=1S/C10H9BrF2O2/c1-6(11)9(14)7-2-4-8(5-3-7)15-10(12)13/h2-6,10H,1H3. The molecule has 5 heteroatoms. The Morgan fingerprint density at radius 3 is 2.27 bits per heavy atom. The lowest BCUT2D eigenvalue weighted by Gasteiger charge is -2.06. The van der Waals surface area contributed by atoms with Crippen LogP contribution in [0.3, 0.4) is 0 Å². The van der Waals surface area contributed by atoms with Gasteiger partial charge in [0.1, 0.15) is 5.75 Å². The Bertz CT molecular complexity index is 336. The van der Waals surface area contributed by atoms with Crippen LogP contribution in [0, 0.1) is 0 Å². The summed E-state index contributed by atoms with van der Waals surface area (Å²) in [4.78, 5) is 11.1. The predicted octanol–water partition coefficient (Wildman–Crippen LogP) is 3.25. The number of ether oxygens (including phenoxy) is 1. The van der Waals surface area contributed by atoms with Gasteiger partial charge in [0.05, 0.1) is 4.83 Å². The molecule has 1 rings (SSSR count). The van der Waals surface area contributed by atoms with Crippen LogP contribution in [0.5, 0.6) is 5.75 Å². The Labute approximate surface area is 94.4 Å². The predicted molar refractivity (Wildman–Crippen MR) is 55.8 cm³/mol. The Morgan fingerprint density at radius 1 is 1.33 bits per heavy atom. The summed E-state index contributed by atoms with van der Waals surface area (Å²) < 4.78 is 27.8. The first kappa shape index (κ1) is 12.1. The van der Waals surface area contributed by atoms with Crippen molar-refractivity contribution in [2.24, 2.45) is 0 Å². The van der Waals surface area contributed by atoms with Crippen molar-refractivity contribution in [1.29, 1.82) is 0 Å². The average molecular weight is 279 g/mol. The highest BCUT2D eigenvalue weighted by Gasteiger charge is 2.12. The summed E-state index contributed by atoms with van der Waals surface area (Å²) in [5, 5.41) is 0. The molecule has 0 spiro atoms. The maximum absolute atomic E-state index is 11.8. The maximum Gasteiger partial charge on any atom is 0.387 e. The molecule has 0 aliphatic carbocycles. The van der Waals surface area contributed by atoms with Crippen LogP contribution in [0.25, 0.3) is 0 Å². The van der Waals surface area contributed by atoms with E-state index in [-0.39, 0.29) is 16.4 Å². The van der Waals surface area contributed by atoms with Gasteiger partial charge in [-0.15, -0.1) is 0 Å². The van der Waals surface area contributed by atoms with E-state index in [4.69, 9.17) is 0 Å². The minimum Gasteiger partial charge on any atom is -0.435 e. The summed E-state index contributed by atoms with van der Waals surface area (Å²) in [5.74, 6) is -0.0534. The average Bonchev–Trinajstić information content (AvgIpc) is 2.17. The number of carbonyl (C=O) groups is 1. The van der Waals surface area contributed by atoms with E-state index < -0.39 is 6.61 Å². The largest absolute Gasteiger partial charge is 0.435 e. The van der Waals surface area contributed by atoms with Gasteiger partial charge < -0.3 is 4.74 Å². The van der Waals surface area contributed by atoms with Crippen LogP contribution < -0.4 is 4.74 Å². The van der Waals surface area contributed by atoms with Crippen molar-refractivity contribution in [3.05, 3.63) is 29.8 Å². The van der Waals surface area contributed by atoms with Crippen LogP contribution in [-0.2, 0) is 0 Å². The Morgan fingerprint density at radius 2 is 1.87 bits per heavy atom. The summed E-state index contributed by atoms with van der Waals surface area (Å²) in [7, 11) is 0. The van der Waals surface area contributed by atoms with Gasteiger partial charge in [0.15, 0.2) is 5.78 Å². The monoisotopic (exact) mass is 278 g/mol. The summed E-state index contributed by atoms with van der Waals surface area (Å²) >= 11 is 3.13. The summed E-state index contributed by atoms with van der Waals surface area (Å²) in [6, 6.07) is 5.60. The van der Waals surface area contributed by atoms with Gasteiger partial charge in [-0.25, -0.2) is 0 Å². The Kier molecular flexibility index (Phi) is 4.20. The second kappa shape index (κ2) is 5.21. The van der Waals surface area contributed by atoms with Gasteiger partial charge >= 0.3 is 6.61 Å². The van der Waals surface area contributed by atoms with Crippen molar-refractivity contribution in [2.45, 2.75) is 18.4 Å². The van der Waals surface area contributed by atoms with E-state index in [1.807, 2.05) is 0 Å². The third kappa shape index (κ3) is 3.58. The minimum atomic E-state index is -2.85. The fourth-order valence-electron chi connectivity index (χ4n) is 1.03.